The maximum absolute atomic E-state index is 13.8. The van der Waals surface area contributed by atoms with E-state index in [1.165, 1.54) is 11.0 Å². The van der Waals surface area contributed by atoms with Crippen molar-refractivity contribution < 1.29 is 18.4 Å². The van der Waals surface area contributed by atoms with Crippen LogP contribution in [0.15, 0.2) is 18.2 Å². The fourth-order valence-electron chi connectivity index (χ4n) is 2.70. The van der Waals surface area contributed by atoms with E-state index in [9.17, 15) is 18.4 Å². The molecule has 2 fully saturated rings. The number of amides is 2. The predicted octanol–water partition coefficient (Wildman–Crippen LogP) is 0.653. The Balaban J connectivity index is 1.63. The van der Waals surface area contributed by atoms with Gasteiger partial charge in [0.25, 0.3) is 0 Å². The fourth-order valence-corrected chi connectivity index (χ4v) is 2.70. The van der Waals surface area contributed by atoms with E-state index in [0.29, 0.717) is 12.5 Å². The number of carbonyl (C=O) groups is 2. The van der Waals surface area contributed by atoms with Gasteiger partial charge in [-0.2, -0.15) is 0 Å². The zero-order chi connectivity index (χ0) is 15.7. The second-order valence-corrected chi connectivity index (χ2v) is 5.77. The van der Waals surface area contributed by atoms with Gasteiger partial charge in [0.1, 0.15) is 11.6 Å². The summed E-state index contributed by atoms with van der Waals surface area (Å²) in [5, 5.41) is 5.95. The van der Waals surface area contributed by atoms with E-state index >= 15 is 0 Å². The third-order valence-electron chi connectivity index (χ3n) is 4.13. The van der Waals surface area contributed by atoms with Gasteiger partial charge < -0.3 is 15.5 Å². The highest BCUT2D eigenvalue weighted by Crippen LogP contribution is 2.28. The van der Waals surface area contributed by atoms with Gasteiger partial charge in [-0.15, -0.1) is 0 Å². The summed E-state index contributed by atoms with van der Waals surface area (Å²) in [6.45, 7) is 2.48. The number of hydrogen-bond acceptors (Lipinski definition) is 3. The van der Waals surface area contributed by atoms with Crippen LogP contribution in [0.25, 0.3) is 0 Å². The Hall–Kier alpha value is -2.02. The summed E-state index contributed by atoms with van der Waals surface area (Å²) in [7, 11) is 0. The molecule has 1 unspecified atom stereocenters. The lowest BCUT2D eigenvalue weighted by Gasteiger charge is -2.27. The number of rotatable bonds is 4. The average Bonchev–Trinajstić information content (AvgIpc) is 2.79. The summed E-state index contributed by atoms with van der Waals surface area (Å²) in [5.41, 5.74) is 0.0184. The Kier molecular flexibility index (Phi) is 4.06. The fraction of sp³-hybridized carbons (Fsp3) is 0.467. The maximum Gasteiger partial charge on any atom is 0.227 e. The molecule has 2 aliphatic heterocycles. The highest BCUT2D eigenvalue weighted by Gasteiger charge is 2.36. The molecule has 2 N–H and O–H groups in total. The first-order valence-corrected chi connectivity index (χ1v) is 7.28. The SMILES string of the molecule is O=C(NCC1CNC1)C1CC(=O)N(c2ccc(F)cc2F)C1. The highest BCUT2D eigenvalue weighted by molar-refractivity contribution is 6.00. The maximum atomic E-state index is 13.8. The molecule has 0 bridgehead atoms. The summed E-state index contributed by atoms with van der Waals surface area (Å²) in [4.78, 5) is 25.3. The van der Waals surface area contributed by atoms with Gasteiger partial charge in [0.15, 0.2) is 0 Å². The molecule has 22 heavy (non-hydrogen) atoms. The van der Waals surface area contributed by atoms with Crippen LogP contribution in [0.5, 0.6) is 0 Å². The summed E-state index contributed by atoms with van der Waals surface area (Å²) < 4.78 is 26.7. The van der Waals surface area contributed by atoms with E-state index < -0.39 is 17.6 Å². The molecule has 0 spiro atoms. The molecule has 1 atom stereocenters. The predicted molar refractivity (Wildman–Crippen MR) is 76.2 cm³/mol. The monoisotopic (exact) mass is 309 g/mol. The molecule has 3 rings (SSSR count). The van der Waals surface area contributed by atoms with E-state index in [1.807, 2.05) is 0 Å². The first-order chi connectivity index (χ1) is 10.5. The van der Waals surface area contributed by atoms with E-state index in [0.717, 1.165) is 25.2 Å². The van der Waals surface area contributed by atoms with Crippen molar-refractivity contribution in [3.63, 3.8) is 0 Å². The second-order valence-electron chi connectivity index (χ2n) is 5.77. The first-order valence-electron chi connectivity index (χ1n) is 7.28. The van der Waals surface area contributed by atoms with Crippen LogP contribution in [-0.2, 0) is 9.59 Å². The molecule has 2 heterocycles. The molecule has 2 amide bonds. The minimum absolute atomic E-state index is 0.0184. The molecule has 7 heteroatoms. The van der Waals surface area contributed by atoms with E-state index in [1.54, 1.807) is 0 Å². The summed E-state index contributed by atoms with van der Waals surface area (Å²) in [6.07, 6.45) is 0.0472. The van der Waals surface area contributed by atoms with Crippen molar-refractivity contribution in [1.29, 1.82) is 0 Å². The Labute approximate surface area is 126 Å². The van der Waals surface area contributed by atoms with Crippen molar-refractivity contribution in [3.8, 4) is 0 Å². The van der Waals surface area contributed by atoms with Crippen molar-refractivity contribution in [3.05, 3.63) is 29.8 Å². The topological polar surface area (TPSA) is 61.4 Å². The quantitative estimate of drug-likeness (QED) is 0.859. The van der Waals surface area contributed by atoms with Crippen LogP contribution in [0.2, 0.25) is 0 Å². The lowest BCUT2D eigenvalue weighted by atomic mass is 10.0. The van der Waals surface area contributed by atoms with Gasteiger partial charge in [-0.25, -0.2) is 8.78 Å². The third-order valence-corrected chi connectivity index (χ3v) is 4.13. The molecule has 1 aromatic rings. The molecule has 0 radical (unpaired) electrons. The van der Waals surface area contributed by atoms with Gasteiger partial charge in [0.05, 0.1) is 11.6 Å². The minimum atomic E-state index is -0.796. The summed E-state index contributed by atoms with van der Waals surface area (Å²) >= 11 is 0. The standard InChI is InChI=1S/C15H17F2N3O2/c16-11-1-2-13(12(17)4-11)20-8-10(3-14(20)21)15(22)19-7-9-5-18-6-9/h1-2,4,9-10,18H,3,5-8H2,(H,19,22). The number of nitrogens with zero attached hydrogens (tertiary/aromatic N) is 1. The second kappa shape index (κ2) is 6.00. The number of carbonyl (C=O) groups excluding carboxylic acids is 2. The van der Waals surface area contributed by atoms with Crippen LogP contribution in [-0.4, -0.2) is 38.0 Å². The molecule has 1 aromatic carbocycles. The molecular formula is C15H17F2N3O2. The van der Waals surface area contributed by atoms with Gasteiger partial charge >= 0.3 is 0 Å². The summed E-state index contributed by atoms with van der Waals surface area (Å²) in [6, 6.07) is 3.06. The van der Waals surface area contributed by atoms with Crippen molar-refractivity contribution >= 4 is 17.5 Å². The van der Waals surface area contributed by atoms with E-state index in [2.05, 4.69) is 10.6 Å². The van der Waals surface area contributed by atoms with Crippen LogP contribution in [0.1, 0.15) is 6.42 Å². The van der Waals surface area contributed by atoms with E-state index in [4.69, 9.17) is 0 Å². The molecule has 2 aliphatic rings. The molecule has 118 valence electrons. The largest absolute Gasteiger partial charge is 0.355 e. The Morgan fingerprint density at radius 3 is 2.77 bits per heavy atom. The number of nitrogens with one attached hydrogen (secondary N) is 2. The van der Waals surface area contributed by atoms with Crippen LogP contribution < -0.4 is 15.5 Å². The molecule has 2 saturated heterocycles. The zero-order valence-electron chi connectivity index (χ0n) is 11.9. The zero-order valence-corrected chi connectivity index (χ0v) is 11.9. The smallest absolute Gasteiger partial charge is 0.227 e. The molecule has 0 saturated carbocycles. The van der Waals surface area contributed by atoms with Crippen molar-refractivity contribution in [2.45, 2.75) is 6.42 Å². The minimum Gasteiger partial charge on any atom is -0.355 e. The number of benzene rings is 1. The third kappa shape index (κ3) is 2.94. The summed E-state index contributed by atoms with van der Waals surface area (Å²) in [5.74, 6) is -2.07. The van der Waals surface area contributed by atoms with E-state index in [-0.39, 0.29) is 30.5 Å². The Morgan fingerprint density at radius 1 is 1.36 bits per heavy atom. The molecule has 5 nitrogen and oxygen atoms in total. The normalized spacial score (nSPS) is 21.8. The van der Waals surface area contributed by atoms with Crippen LogP contribution in [0.3, 0.4) is 0 Å². The Bertz CT molecular complexity index is 604. The lowest BCUT2D eigenvalue weighted by molar-refractivity contribution is -0.126. The molecule has 0 aromatic heterocycles. The van der Waals surface area contributed by atoms with Gasteiger partial charge in [-0.05, 0) is 12.1 Å². The first kappa shape index (κ1) is 14.9. The average molecular weight is 309 g/mol. The molecular weight excluding hydrogens is 292 g/mol. The van der Waals surface area contributed by atoms with Gasteiger partial charge in [0.2, 0.25) is 11.8 Å². The number of anilines is 1. The van der Waals surface area contributed by atoms with Gasteiger partial charge in [0, 0.05) is 44.6 Å². The van der Waals surface area contributed by atoms with Crippen LogP contribution >= 0.6 is 0 Å². The number of halogens is 2. The Morgan fingerprint density at radius 2 is 2.14 bits per heavy atom. The van der Waals surface area contributed by atoms with Gasteiger partial charge in [-0.1, -0.05) is 0 Å². The van der Waals surface area contributed by atoms with Crippen LogP contribution in [0, 0.1) is 23.5 Å². The van der Waals surface area contributed by atoms with Crippen molar-refractivity contribution in [1.82, 2.24) is 10.6 Å². The lowest BCUT2D eigenvalue weighted by Crippen LogP contribution is -2.49. The highest BCUT2D eigenvalue weighted by atomic mass is 19.1. The van der Waals surface area contributed by atoms with Gasteiger partial charge in [-0.3, -0.25) is 9.59 Å². The van der Waals surface area contributed by atoms with Crippen LogP contribution in [0.4, 0.5) is 14.5 Å². The van der Waals surface area contributed by atoms with Crippen molar-refractivity contribution in [2.75, 3.05) is 31.1 Å². The number of hydrogen-bond donors (Lipinski definition) is 2. The molecule has 0 aliphatic carbocycles. The van der Waals surface area contributed by atoms with Crippen molar-refractivity contribution in [2.24, 2.45) is 11.8 Å².